The highest BCUT2D eigenvalue weighted by atomic mass is 16.6. The van der Waals surface area contributed by atoms with Gasteiger partial charge in [0.05, 0.1) is 10.4 Å². The van der Waals surface area contributed by atoms with Crippen LogP contribution in [0.2, 0.25) is 0 Å². The van der Waals surface area contributed by atoms with Crippen LogP contribution in [-0.4, -0.2) is 39.8 Å². The number of aromatic nitrogens is 1. The summed E-state index contributed by atoms with van der Waals surface area (Å²) in [6, 6.07) is 6.84. The number of hydrogen-bond donors (Lipinski definition) is 1. The van der Waals surface area contributed by atoms with Gasteiger partial charge in [0.2, 0.25) is 5.91 Å². The molecule has 3 rings (SSSR count). The molecule has 1 aliphatic rings. The zero-order valence-electron chi connectivity index (χ0n) is 14.5. The third-order valence-corrected chi connectivity index (χ3v) is 4.62. The van der Waals surface area contributed by atoms with Crippen molar-refractivity contribution in [3.63, 3.8) is 0 Å². The summed E-state index contributed by atoms with van der Waals surface area (Å²) < 4.78 is 0. The topological polar surface area (TPSA) is 88.4 Å². The van der Waals surface area contributed by atoms with E-state index in [0.717, 1.165) is 41.7 Å². The maximum Gasteiger partial charge on any atom is 0.270 e. The average molecular weight is 342 g/mol. The molecule has 0 spiro atoms. The number of anilines is 1. The van der Waals surface area contributed by atoms with Gasteiger partial charge in [0.1, 0.15) is 0 Å². The van der Waals surface area contributed by atoms with Gasteiger partial charge in [0.25, 0.3) is 5.69 Å². The van der Waals surface area contributed by atoms with Gasteiger partial charge in [0, 0.05) is 54.5 Å². The molecule has 1 amide bonds. The molecule has 1 saturated heterocycles. The van der Waals surface area contributed by atoms with Crippen LogP contribution in [0.1, 0.15) is 32.4 Å². The Balaban J connectivity index is 1.92. The Labute approximate surface area is 146 Å². The van der Waals surface area contributed by atoms with E-state index in [1.807, 2.05) is 24.8 Å². The first-order valence-corrected chi connectivity index (χ1v) is 8.64. The number of nitro benzene ring substituents is 1. The second-order valence-corrected chi connectivity index (χ2v) is 6.30. The maximum absolute atomic E-state index is 11.9. The van der Waals surface area contributed by atoms with Gasteiger partial charge < -0.3 is 10.2 Å². The second kappa shape index (κ2) is 7.04. The van der Waals surface area contributed by atoms with Crippen molar-refractivity contribution in [2.45, 2.75) is 39.2 Å². The first-order valence-electron chi connectivity index (χ1n) is 8.64. The van der Waals surface area contributed by atoms with Crippen LogP contribution in [0.3, 0.4) is 0 Å². The van der Waals surface area contributed by atoms with Crippen molar-refractivity contribution in [3.8, 4) is 0 Å². The molecule has 25 heavy (non-hydrogen) atoms. The van der Waals surface area contributed by atoms with Crippen molar-refractivity contribution >= 4 is 28.2 Å². The predicted octanol–water partition coefficient (Wildman–Crippen LogP) is 3.13. The Bertz CT molecular complexity index is 821. The van der Waals surface area contributed by atoms with Crippen LogP contribution < -0.4 is 5.32 Å². The number of non-ortho nitro benzene ring substituents is 1. The van der Waals surface area contributed by atoms with Crippen LogP contribution in [0.4, 0.5) is 11.4 Å². The van der Waals surface area contributed by atoms with Crippen LogP contribution in [0.25, 0.3) is 10.9 Å². The molecule has 1 fully saturated rings. The van der Waals surface area contributed by atoms with Gasteiger partial charge >= 0.3 is 0 Å². The minimum atomic E-state index is -0.395. The minimum absolute atomic E-state index is 0.0517. The molecule has 1 N–H and O–H groups in total. The Hall–Kier alpha value is -2.70. The first-order chi connectivity index (χ1) is 12.0. The quantitative estimate of drug-likeness (QED) is 0.666. The van der Waals surface area contributed by atoms with Gasteiger partial charge in [0.15, 0.2) is 0 Å². The van der Waals surface area contributed by atoms with E-state index < -0.39 is 4.92 Å². The van der Waals surface area contributed by atoms with E-state index in [1.165, 1.54) is 6.07 Å². The first kappa shape index (κ1) is 17.1. The van der Waals surface area contributed by atoms with Crippen molar-refractivity contribution in [2.75, 3.05) is 18.4 Å². The number of fused-ring (bicyclic) bond motifs is 1. The normalized spacial score (nSPS) is 17.0. The van der Waals surface area contributed by atoms with Crippen molar-refractivity contribution < 1.29 is 9.72 Å². The monoisotopic (exact) mass is 342 g/mol. The highest BCUT2D eigenvalue weighted by Crippen LogP contribution is 2.29. The summed E-state index contributed by atoms with van der Waals surface area (Å²) in [6.07, 6.45) is 2.16. The highest BCUT2D eigenvalue weighted by Gasteiger charge is 2.25. The molecule has 1 aromatic heterocycles. The molecular weight excluding hydrogens is 320 g/mol. The summed E-state index contributed by atoms with van der Waals surface area (Å²) in [6.45, 7) is 5.30. The molecule has 7 heteroatoms. The molecule has 1 atom stereocenters. The lowest BCUT2D eigenvalue weighted by Gasteiger charge is -2.18. The van der Waals surface area contributed by atoms with E-state index in [4.69, 9.17) is 0 Å². The Morgan fingerprint density at radius 2 is 2.20 bits per heavy atom. The molecule has 0 radical (unpaired) electrons. The van der Waals surface area contributed by atoms with E-state index in [-0.39, 0.29) is 17.6 Å². The molecule has 1 aliphatic heterocycles. The zero-order valence-corrected chi connectivity index (χ0v) is 14.5. The van der Waals surface area contributed by atoms with E-state index in [2.05, 4.69) is 10.3 Å². The number of aryl methyl sites for hydroxylation is 1. The summed E-state index contributed by atoms with van der Waals surface area (Å²) in [5, 5.41) is 15.3. The van der Waals surface area contributed by atoms with Gasteiger partial charge in [-0.2, -0.15) is 0 Å². The third kappa shape index (κ3) is 3.55. The van der Waals surface area contributed by atoms with Gasteiger partial charge in [-0.15, -0.1) is 0 Å². The number of nitrogens with one attached hydrogen (secondary N) is 1. The summed E-state index contributed by atoms with van der Waals surface area (Å²) in [5.74, 6) is 0.161. The molecule has 132 valence electrons. The number of rotatable bonds is 5. The molecule has 2 aromatic rings. The standard InChI is InChI=1S/C18H22N4O3/c1-3-12-9-17(20-13-7-8-21(11-13)18(23)4-2)15-10-14(22(24)25)5-6-16(15)19-12/h5-6,9-10,13H,3-4,7-8,11H2,1-2H3,(H,19,20). The fraction of sp³-hybridized carbons (Fsp3) is 0.444. The van der Waals surface area contributed by atoms with Crippen LogP contribution in [0.5, 0.6) is 0 Å². The molecule has 0 bridgehead atoms. The van der Waals surface area contributed by atoms with Crippen LogP contribution in [-0.2, 0) is 11.2 Å². The lowest BCUT2D eigenvalue weighted by atomic mass is 10.1. The molecule has 1 aromatic carbocycles. The number of benzene rings is 1. The number of nitro groups is 1. The molecule has 2 heterocycles. The maximum atomic E-state index is 11.9. The van der Waals surface area contributed by atoms with Gasteiger partial charge in [-0.25, -0.2) is 0 Å². The number of pyridine rings is 1. The Kier molecular flexibility index (Phi) is 4.83. The number of amides is 1. The van der Waals surface area contributed by atoms with Crippen LogP contribution in [0, 0.1) is 10.1 Å². The fourth-order valence-corrected chi connectivity index (χ4v) is 3.23. The molecular formula is C18H22N4O3. The summed E-state index contributed by atoms with van der Waals surface area (Å²) in [5.41, 5.74) is 2.58. The predicted molar refractivity (Wildman–Crippen MR) is 96.7 cm³/mol. The Morgan fingerprint density at radius 3 is 2.88 bits per heavy atom. The third-order valence-electron chi connectivity index (χ3n) is 4.62. The van der Waals surface area contributed by atoms with E-state index in [1.54, 1.807) is 12.1 Å². The largest absolute Gasteiger partial charge is 0.380 e. The SMILES string of the molecule is CCC(=O)N1CCC(Nc2cc(CC)nc3ccc([N+](=O)[O-])cc23)C1. The van der Waals surface area contributed by atoms with Gasteiger partial charge in [-0.05, 0) is 25.0 Å². The van der Waals surface area contributed by atoms with Crippen LogP contribution in [0.15, 0.2) is 24.3 Å². The lowest BCUT2D eigenvalue weighted by Crippen LogP contribution is -2.31. The number of carbonyl (C=O) groups excluding carboxylic acids is 1. The van der Waals surface area contributed by atoms with E-state index in [0.29, 0.717) is 13.0 Å². The van der Waals surface area contributed by atoms with Crippen molar-refractivity contribution in [1.29, 1.82) is 0 Å². The number of carbonyl (C=O) groups is 1. The van der Waals surface area contributed by atoms with Gasteiger partial charge in [-0.1, -0.05) is 13.8 Å². The van der Waals surface area contributed by atoms with E-state index in [9.17, 15) is 14.9 Å². The second-order valence-electron chi connectivity index (χ2n) is 6.30. The number of nitrogens with zero attached hydrogens (tertiary/aromatic N) is 3. The molecule has 7 nitrogen and oxygen atoms in total. The van der Waals surface area contributed by atoms with Crippen molar-refractivity contribution in [1.82, 2.24) is 9.88 Å². The fourth-order valence-electron chi connectivity index (χ4n) is 3.23. The molecule has 1 unspecified atom stereocenters. The summed E-state index contributed by atoms with van der Waals surface area (Å²) in [7, 11) is 0. The zero-order chi connectivity index (χ0) is 18.0. The van der Waals surface area contributed by atoms with E-state index >= 15 is 0 Å². The lowest BCUT2D eigenvalue weighted by molar-refractivity contribution is -0.384. The Morgan fingerprint density at radius 1 is 1.40 bits per heavy atom. The summed E-state index contributed by atoms with van der Waals surface area (Å²) >= 11 is 0. The molecule has 0 aliphatic carbocycles. The average Bonchev–Trinajstić information content (AvgIpc) is 3.08. The minimum Gasteiger partial charge on any atom is -0.380 e. The molecule has 0 saturated carbocycles. The number of likely N-dealkylation sites (tertiary alicyclic amines) is 1. The van der Waals surface area contributed by atoms with Gasteiger partial charge in [-0.3, -0.25) is 19.9 Å². The van der Waals surface area contributed by atoms with Crippen molar-refractivity contribution in [2.24, 2.45) is 0 Å². The van der Waals surface area contributed by atoms with Crippen LogP contribution >= 0.6 is 0 Å². The number of hydrogen-bond acceptors (Lipinski definition) is 5. The smallest absolute Gasteiger partial charge is 0.270 e. The highest BCUT2D eigenvalue weighted by molar-refractivity contribution is 5.93. The van der Waals surface area contributed by atoms with Crippen molar-refractivity contribution in [3.05, 3.63) is 40.1 Å². The summed E-state index contributed by atoms with van der Waals surface area (Å²) in [4.78, 5) is 29.0.